The van der Waals surface area contributed by atoms with Crippen molar-refractivity contribution in [1.82, 2.24) is 0 Å². The summed E-state index contributed by atoms with van der Waals surface area (Å²) in [6, 6.07) is 0. The van der Waals surface area contributed by atoms with E-state index in [-0.39, 0.29) is 2820 Å². The molecular weight excluding hydrogens is 4360 g/mol. The van der Waals surface area contributed by atoms with E-state index in [4.69, 9.17) is 0 Å². The quantitative estimate of drug-likeness (QED) is 0.212. The molecule has 0 saturated heterocycles. The van der Waals surface area contributed by atoms with Gasteiger partial charge in [-0.05, 0) is 0 Å². The summed E-state index contributed by atoms with van der Waals surface area (Å²) < 4.78 is 0. The van der Waals surface area contributed by atoms with Crippen LogP contribution in [0, 0.1) is 0 Å². The SMILES string of the molecule is Cl.Cl.Cl.Cl.Cl.Cl.Cl.Cl.Cl.Cl.Cl.Cl.Cl.Cl.Cl.Cl.Cl.Cl.Cl.Cl.Cl.Cl.Cl.Cl.[Cl-].[Cl-].[Cl-].[Cl-].[Cl-].[Cl-].[Cl-].[Cl-].[Cl-].[Cl-].[Cl-].[Cl-].[Cl-].[Cl-].[Cl-].[Cl-].[Cl-].[Cl-].[Cl-].[Cl-].[Cl-].[Cl-].[Cl-].[Cl-].[Cl-].[Cl-].[Cl-].[Cl-].[Cl-].[Cl-].[Cl-].[Cl-].[Cl-].[Cl-].[Cl-].[Cl-].[Cl-].[Cl-].[Cl-].[Cl-].[Cl-].[Cl-].[Cl-].[Cl-].[Cl-].[Cl-].[Cl-].[Cl-].[Cl-].[Cl-].[Cl-].[Cl-].[Cl-].[Cl-].[Cl-].[Cl-].[Cl-].[Cl-].[Cl-].[Cl-].[Na+].[Na+].[Na+].[Na+].[Na+].[Na+].[Na+].[Na+].[Na+].[Na+].[Na+].[Na+].[Na+].[Na+].[Na+].[Na+].[Na+].[Na+].[Na+].[Na+].[Na+].[Na+].[Na+].[Na+].[Na+].[Na+].[Na+].[Na+].[Na+].[Na+].[Na+].[Na+].[Na+].[Na+].[Na+].[Na+].[Na+].[Na+].[Na+].[Na+].[Na+].[Na+].[Na+].[Na+].[Na+].[Na+].[Na+].[Na+].[Na+].[Na+].[Na+].[Na+].[Na+].[Na+].[Na+].[Na+].[Na+].[Na+].[Na+].[Na+]. The molecule has 0 fully saturated rings. The zero-order valence-electron chi connectivity index (χ0n) is 92.5. The molecule has 0 aliphatic carbocycles. The molecule has 0 radical (unpaired) electrons. The fraction of sp³-hybridized carbons (Fsp3) is 0. The van der Waals surface area contributed by atoms with Crippen molar-refractivity contribution in [3.8, 4) is 0 Å². The van der Waals surface area contributed by atoms with Gasteiger partial charge in [0.05, 0.1) is 0 Å². The van der Waals surface area contributed by atoms with Gasteiger partial charge in [-0.3, -0.25) is 0 Å². The maximum atomic E-state index is 0. The Labute approximate surface area is 2730 Å². The molecule has 0 bridgehead atoms. The van der Waals surface area contributed by atoms with Crippen molar-refractivity contribution < 1.29 is 2520 Å². The summed E-state index contributed by atoms with van der Waals surface area (Å²) in [6.07, 6.45) is 0. The predicted molar refractivity (Wildman–Crippen MR) is 174 cm³/mol. The first-order chi connectivity index (χ1) is 0. The van der Waals surface area contributed by atoms with Gasteiger partial charge in [0.15, 0.2) is 0 Å². The molecule has 0 atom stereocenters. The van der Waals surface area contributed by atoms with E-state index >= 15 is 0 Å². The van der Waals surface area contributed by atoms with Gasteiger partial charge in [0, 0.05) is 0 Å². The van der Waals surface area contributed by atoms with Crippen LogP contribution < -0.4 is 2520 Å². The van der Waals surface area contributed by atoms with Gasteiger partial charge in [0.1, 0.15) is 0 Å². The Morgan fingerprint density at radius 1 is 0.0208 bits per heavy atom. The normalized spacial score (nSPS) is 0. The molecule has 0 spiro atoms. The number of rotatable bonds is 0. The summed E-state index contributed by atoms with van der Waals surface area (Å²) in [5.74, 6) is 0. The van der Waals surface area contributed by atoms with Crippen molar-refractivity contribution in [2.75, 3.05) is 0 Å². The average Bonchev–Trinajstić information content (AvgIpc) is 0. The van der Waals surface area contributed by atoms with Crippen LogP contribution in [0.25, 0.3) is 0 Å². The minimum atomic E-state index is 0. The van der Waals surface area contributed by atoms with Gasteiger partial charge in [0.2, 0.25) is 0 Å². The number of hydrogen-bond donors (Lipinski definition) is 0. The van der Waals surface area contributed by atoms with Crippen LogP contribution in [0.2, 0.25) is 0 Å². The second-order valence-electron chi connectivity index (χ2n) is 0. The summed E-state index contributed by atoms with van der Waals surface area (Å²) in [5.41, 5.74) is 0. The average molecular weight is 4380 g/mol. The van der Waals surface area contributed by atoms with Gasteiger partial charge in [-0.15, -0.1) is 298 Å². The van der Waals surface area contributed by atoms with Crippen molar-refractivity contribution in [1.29, 1.82) is 0 Å². The Kier molecular flexibility index (Phi) is 18900. The predicted octanol–water partition coefficient (Wildman–Crippen LogP) is -349. The Morgan fingerprint density at radius 3 is 0.0208 bits per heavy atom. The van der Waals surface area contributed by atoms with Gasteiger partial charge in [0.25, 0.3) is 0 Å². The Morgan fingerprint density at radius 2 is 0.0208 bits per heavy atom. The second kappa shape index (κ2) is 1640. The summed E-state index contributed by atoms with van der Waals surface area (Å²) in [6.45, 7) is 0. The minimum Gasteiger partial charge on any atom is -1.00 e. The minimum absolute atomic E-state index is 0. The maximum absolute atomic E-state index is 0. The first kappa shape index (κ1) is 1660. The van der Waals surface area contributed by atoms with Crippen molar-refractivity contribution in [3.63, 3.8) is 0 Å². The van der Waals surface area contributed by atoms with Crippen LogP contribution in [0.3, 0.4) is 0 Å². The molecule has 672 valence electrons. The van der Waals surface area contributed by atoms with Crippen LogP contribution in [0.4, 0.5) is 0 Å². The fourth-order valence-corrected chi connectivity index (χ4v) is 0. The molecule has 0 nitrogen and oxygen atoms in total. The molecule has 0 aromatic carbocycles. The maximum Gasteiger partial charge on any atom is 1.00 e. The zero-order valence-corrected chi connectivity index (χ0v) is 277. The van der Waals surface area contributed by atoms with Crippen molar-refractivity contribution >= 4 is 298 Å². The Bertz CT molecular complexity index is 141. The number of hydrogen-bond acceptors (Lipinski definition) is 0. The first-order valence-corrected chi connectivity index (χ1v) is 0. The van der Waals surface area contributed by atoms with E-state index in [0.717, 1.165) is 0 Å². The third kappa shape index (κ3) is 1620. The number of halogens is 84. The van der Waals surface area contributed by atoms with Crippen LogP contribution in [0.15, 0.2) is 0 Å². The van der Waals surface area contributed by atoms with Crippen molar-refractivity contribution in [2.24, 2.45) is 0 Å². The van der Waals surface area contributed by atoms with E-state index in [1.54, 1.807) is 0 Å². The van der Waals surface area contributed by atoms with Crippen LogP contribution in [-0.2, 0) is 0 Å². The monoisotopic (exact) mass is 4340 g/mol. The van der Waals surface area contributed by atoms with Crippen LogP contribution in [0.1, 0.15) is 0 Å². The van der Waals surface area contributed by atoms with Gasteiger partial charge >= 0.3 is 1770 Å². The Balaban J connectivity index is 0. The molecule has 144 heteroatoms. The molecule has 0 aliphatic heterocycles. The summed E-state index contributed by atoms with van der Waals surface area (Å²) >= 11 is 0. The van der Waals surface area contributed by atoms with E-state index in [1.807, 2.05) is 0 Å². The molecule has 0 saturated carbocycles. The van der Waals surface area contributed by atoms with Gasteiger partial charge < -0.3 is 744 Å². The third-order valence-corrected chi connectivity index (χ3v) is 0. The molecule has 0 N–H and O–H groups in total. The fourth-order valence-electron chi connectivity index (χ4n) is 0. The standard InChI is InChI=1S/84ClH.60Na/h84*1H;;;;;;;;;;;;;;;;;;;;;;;;;;;;;;;;;;;;;;;;;;;;;;;;;;;;;;;;;;;;/q;;;;;;;;;;;;;;;;;;;;;;;;;;;;;;;;;;;;;;;;;;;;;;;;;;;;;;;;;;;;;;;;;;;;;;;;;;;;;;;;;;;;60*+1/p-60. The molecule has 0 unspecified atom stereocenters. The molecule has 0 rings (SSSR count). The molecular formula is H24Cl84Na60. The molecule has 0 heterocycles. The largest absolute Gasteiger partial charge is 1.00 e. The first-order valence-electron chi connectivity index (χ1n) is 0. The van der Waals surface area contributed by atoms with Crippen LogP contribution in [0.5, 0.6) is 0 Å². The molecule has 0 aromatic rings. The van der Waals surface area contributed by atoms with Crippen LogP contribution in [-0.4, -0.2) is 0 Å². The van der Waals surface area contributed by atoms with Crippen LogP contribution >= 0.6 is 298 Å². The summed E-state index contributed by atoms with van der Waals surface area (Å²) in [7, 11) is 0. The van der Waals surface area contributed by atoms with Gasteiger partial charge in [-0.25, -0.2) is 0 Å². The third-order valence-electron chi connectivity index (χ3n) is 0. The van der Waals surface area contributed by atoms with E-state index in [0.29, 0.717) is 0 Å². The van der Waals surface area contributed by atoms with E-state index in [9.17, 15) is 0 Å². The van der Waals surface area contributed by atoms with Gasteiger partial charge in [-0.1, -0.05) is 0 Å². The molecule has 0 amide bonds. The van der Waals surface area contributed by atoms with Crippen molar-refractivity contribution in [3.05, 3.63) is 0 Å². The van der Waals surface area contributed by atoms with E-state index in [1.165, 1.54) is 0 Å². The summed E-state index contributed by atoms with van der Waals surface area (Å²) in [5, 5.41) is 0. The Hall–Kier alpha value is 84.4. The second-order valence-corrected chi connectivity index (χ2v) is 0. The molecule has 0 aromatic heterocycles. The molecule has 144 heavy (non-hydrogen) atoms. The topological polar surface area (TPSA) is 0 Å². The zero-order chi connectivity index (χ0) is 0. The smallest absolute Gasteiger partial charge is 1.00 e. The van der Waals surface area contributed by atoms with E-state index in [2.05, 4.69) is 0 Å². The van der Waals surface area contributed by atoms with Gasteiger partial charge in [-0.2, -0.15) is 0 Å². The van der Waals surface area contributed by atoms with E-state index < -0.39 is 0 Å². The summed E-state index contributed by atoms with van der Waals surface area (Å²) in [4.78, 5) is 0. The van der Waals surface area contributed by atoms with Crippen molar-refractivity contribution in [2.45, 2.75) is 0 Å². The molecule has 0 aliphatic rings.